The van der Waals surface area contributed by atoms with Crippen LogP contribution in [0.1, 0.15) is 37.2 Å². The predicted molar refractivity (Wildman–Crippen MR) is 90.2 cm³/mol. The van der Waals surface area contributed by atoms with Gasteiger partial charge in [0.25, 0.3) is 0 Å². The second-order valence-electron chi connectivity index (χ2n) is 6.83. The minimum Gasteiger partial charge on any atom is -0.429 e. The molecule has 0 saturated carbocycles. The third kappa shape index (κ3) is 4.70. The van der Waals surface area contributed by atoms with Crippen molar-refractivity contribution in [1.82, 2.24) is 0 Å². The molecule has 3 rings (SSSR count). The molecule has 1 aliphatic heterocycles. The van der Waals surface area contributed by atoms with Gasteiger partial charge in [0.2, 0.25) is 0 Å². The van der Waals surface area contributed by atoms with Crippen LogP contribution in [0.15, 0.2) is 24.3 Å². The van der Waals surface area contributed by atoms with Gasteiger partial charge in [0.1, 0.15) is 22.9 Å². The fourth-order valence-electron chi connectivity index (χ4n) is 3.11. The maximum Gasteiger partial charge on any atom is 0.432 e. The van der Waals surface area contributed by atoms with E-state index in [0.717, 1.165) is 12.8 Å². The molecule has 2 aromatic carbocycles. The molecule has 0 aliphatic carbocycles. The summed E-state index contributed by atoms with van der Waals surface area (Å²) in [5, 5.41) is 0. The Morgan fingerprint density at radius 2 is 1.43 bits per heavy atom. The van der Waals surface area contributed by atoms with Crippen LogP contribution < -0.4 is 4.74 Å². The van der Waals surface area contributed by atoms with E-state index in [9.17, 15) is 30.7 Å². The lowest BCUT2D eigenvalue weighted by atomic mass is 10.0. The van der Waals surface area contributed by atoms with Crippen LogP contribution in [0.4, 0.5) is 30.7 Å². The fourth-order valence-corrected chi connectivity index (χ4v) is 3.11. The number of halogens is 7. The third-order valence-electron chi connectivity index (χ3n) is 4.49. The molecule has 0 unspecified atom stereocenters. The van der Waals surface area contributed by atoms with Gasteiger partial charge in [0, 0.05) is 23.6 Å². The van der Waals surface area contributed by atoms with Gasteiger partial charge in [-0.1, -0.05) is 13.3 Å². The Hall–Kier alpha value is -2.33. The fraction of sp³-hybridized carbons (Fsp3) is 0.400. The third-order valence-corrected chi connectivity index (χ3v) is 4.49. The highest BCUT2D eigenvalue weighted by Gasteiger charge is 2.42. The molecule has 1 fully saturated rings. The number of alkyl halides is 2. The van der Waals surface area contributed by atoms with Crippen molar-refractivity contribution in [2.45, 2.75) is 32.2 Å². The van der Waals surface area contributed by atoms with Gasteiger partial charge in [-0.2, -0.15) is 8.78 Å². The highest BCUT2D eigenvalue weighted by Crippen LogP contribution is 2.38. The summed E-state index contributed by atoms with van der Waals surface area (Å²) in [6, 6.07) is 1.47. The summed E-state index contributed by atoms with van der Waals surface area (Å²) in [4.78, 5) is 0. The summed E-state index contributed by atoms with van der Waals surface area (Å²) < 4.78 is 112. The van der Waals surface area contributed by atoms with Crippen LogP contribution in [0, 0.1) is 35.0 Å². The zero-order valence-electron chi connectivity index (χ0n) is 15.7. The summed E-state index contributed by atoms with van der Waals surface area (Å²) in [7, 11) is 0. The van der Waals surface area contributed by atoms with Crippen LogP contribution in [-0.2, 0) is 15.6 Å². The number of ether oxygens (including phenoxy) is 3. The van der Waals surface area contributed by atoms with Crippen molar-refractivity contribution >= 4 is 0 Å². The topological polar surface area (TPSA) is 27.7 Å². The first-order valence-electron chi connectivity index (χ1n) is 9.06. The van der Waals surface area contributed by atoms with E-state index in [1.807, 2.05) is 6.92 Å². The smallest absolute Gasteiger partial charge is 0.429 e. The highest BCUT2D eigenvalue weighted by molar-refractivity contribution is 5.32. The van der Waals surface area contributed by atoms with Crippen LogP contribution in [0.5, 0.6) is 5.75 Å². The van der Waals surface area contributed by atoms with E-state index >= 15 is 0 Å². The number of rotatable bonds is 6. The van der Waals surface area contributed by atoms with E-state index in [2.05, 4.69) is 4.74 Å². The summed E-state index contributed by atoms with van der Waals surface area (Å²) >= 11 is 0. The predicted octanol–water partition coefficient (Wildman–Crippen LogP) is 5.97. The lowest BCUT2D eigenvalue weighted by Crippen LogP contribution is -2.28. The Bertz CT molecular complexity index is 865. The largest absolute Gasteiger partial charge is 0.432 e. The molecule has 164 valence electrons. The molecular formula is C20H17F7O3. The molecule has 2 aromatic rings. The molecule has 0 radical (unpaired) electrons. The maximum atomic E-state index is 14.4. The van der Waals surface area contributed by atoms with Crippen molar-refractivity contribution < 1.29 is 44.9 Å². The Morgan fingerprint density at radius 3 is 1.93 bits per heavy atom. The Kier molecular flexibility index (Phi) is 6.56. The molecule has 0 bridgehead atoms. The van der Waals surface area contributed by atoms with Gasteiger partial charge < -0.3 is 14.2 Å². The summed E-state index contributed by atoms with van der Waals surface area (Å²) in [5.41, 5.74) is -1.94. The second kappa shape index (κ2) is 8.81. The van der Waals surface area contributed by atoms with E-state index < -0.39 is 52.8 Å². The molecule has 3 nitrogen and oxygen atoms in total. The van der Waals surface area contributed by atoms with Crippen LogP contribution >= 0.6 is 0 Å². The number of hydrogen-bond acceptors (Lipinski definition) is 3. The molecule has 1 aliphatic rings. The standard InChI is InChI=1S/C20H17F7O3/c1-2-3-10-8-28-19(29-9-10)11-4-13(21)17(14(22)5-11)20(26,27)30-12-6-15(23)18(25)16(24)7-12/h4-7,10,19H,2-3,8-9H2,1H3. The van der Waals surface area contributed by atoms with Gasteiger partial charge >= 0.3 is 6.11 Å². The highest BCUT2D eigenvalue weighted by atomic mass is 19.3. The van der Waals surface area contributed by atoms with Crippen molar-refractivity contribution in [3.8, 4) is 5.75 Å². The molecule has 0 amide bonds. The van der Waals surface area contributed by atoms with Crippen LogP contribution in [0.3, 0.4) is 0 Å². The lowest BCUT2D eigenvalue weighted by molar-refractivity contribution is -0.206. The first-order valence-corrected chi connectivity index (χ1v) is 9.06. The molecule has 10 heteroatoms. The molecular weight excluding hydrogens is 421 g/mol. The Morgan fingerprint density at radius 1 is 0.900 bits per heavy atom. The van der Waals surface area contributed by atoms with Gasteiger partial charge in [-0.25, -0.2) is 22.0 Å². The van der Waals surface area contributed by atoms with Gasteiger partial charge in [0.15, 0.2) is 23.7 Å². The summed E-state index contributed by atoms with van der Waals surface area (Å²) in [6.07, 6.45) is -4.05. The monoisotopic (exact) mass is 438 g/mol. The zero-order chi connectivity index (χ0) is 22.1. The van der Waals surface area contributed by atoms with Crippen LogP contribution in [-0.4, -0.2) is 13.2 Å². The zero-order valence-corrected chi connectivity index (χ0v) is 15.7. The van der Waals surface area contributed by atoms with Crippen LogP contribution in [0.2, 0.25) is 0 Å². The Labute approximate surface area is 167 Å². The van der Waals surface area contributed by atoms with Crippen molar-refractivity contribution in [2.75, 3.05) is 13.2 Å². The minimum absolute atomic E-state index is 0.120. The van der Waals surface area contributed by atoms with Crippen molar-refractivity contribution in [1.29, 1.82) is 0 Å². The van der Waals surface area contributed by atoms with Crippen molar-refractivity contribution in [2.24, 2.45) is 5.92 Å². The van der Waals surface area contributed by atoms with Gasteiger partial charge in [-0.05, 0) is 18.6 Å². The van der Waals surface area contributed by atoms with Crippen molar-refractivity contribution in [3.05, 3.63) is 64.5 Å². The first kappa shape index (κ1) is 22.4. The van der Waals surface area contributed by atoms with E-state index in [1.54, 1.807) is 0 Å². The van der Waals surface area contributed by atoms with Crippen LogP contribution in [0.25, 0.3) is 0 Å². The number of benzene rings is 2. The Balaban J connectivity index is 1.82. The number of hydrogen-bond donors (Lipinski definition) is 0. The average Bonchev–Trinajstić information content (AvgIpc) is 2.65. The minimum atomic E-state index is -4.65. The normalized spacial score (nSPS) is 19.7. The average molecular weight is 438 g/mol. The first-order chi connectivity index (χ1) is 14.1. The van der Waals surface area contributed by atoms with Crippen molar-refractivity contribution in [3.63, 3.8) is 0 Å². The quantitative estimate of drug-likeness (QED) is 0.411. The maximum absolute atomic E-state index is 14.4. The molecule has 0 atom stereocenters. The molecule has 1 heterocycles. The molecule has 1 saturated heterocycles. The molecule has 0 N–H and O–H groups in total. The van der Waals surface area contributed by atoms with Gasteiger partial charge in [-0.15, -0.1) is 0 Å². The van der Waals surface area contributed by atoms with E-state index in [0.29, 0.717) is 12.1 Å². The summed E-state index contributed by atoms with van der Waals surface area (Å²) in [6.45, 7) is 2.54. The van der Waals surface area contributed by atoms with E-state index in [4.69, 9.17) is 9.47 Å². The second-order valence-corrected chi connectivity index (χ2v) is 6.83. The summed E-state index contributed by atoms with van der Waals surface area (Å²) in [5.74, 6) is -9.90. The van der Waals surface area contributed by atoms with Gasteiger partial charge in [0.05, 0.1) is 13.2 Å². The SMILES string of the molecule is CCCC1COC(c2cc(F)c(C(F)(F)Oc3cc(F)c(F)c(F)c3)c(F)c2)OC1. The lowest BCUT2D eigenvalue weighted by Gasteiger charge is -2.30. The molecule has 0 spiro atoms. The van der Waals surface area contributed by atoms with E-state index in [-0.39, 0.29) is 36.8 Å². The molecule has 0 aromatic heterocycles. The van der Waals surface area contributed by atoms with E-state index in [1.165, 1.54) is 0 Å². The van der Waals surface area contributed by atoms with Gasteiger partial charge in [-0.3, -0.25) is 0 Å². The molecule has 30 heavy (non-hydrogen) atoms.